The van der Waals surface area contributed by atoms with Crippen molar-refractivity contribution in [3.63, 3.8) is 0 Å². The second-order valence-electron chi connectivity index (χ2n) is 4.99. The predicted molar refractivity (Wildman–Crippen MR) is 87.8 cm³/mol. The SMILES string of the molecule is CCCCOc1ccc(-c2nc(CC(=O)[O-])cs2)cc1OCC. The van der Waals surface area contributed by atoms with Crippen LogP contribution in [0.4, 0.5) is 0 Å². The maximum absolute atomic E-state index is 10.6. The Balaban J connectivity index is 2.20. The maximum Gasteiger partial charge on any atom is 0.161 e. The third-order valence-electron chi connectivity index (χ3n) is 3.12. The van der Waals surface area contributed by atoms with Gasteiger partial charge in [0.2, 0.25) is 0 Å². The number of unbranched alkanes of at least 4 members (excludes halogenated alkanes) is 1. The highest BCUT2D eigenvalue weighted by atomic mass is 32.1. The van der Waals surface area contributed by atoms with E-state index >= 15 is 0 Å². The molecule has 1 aromatic heterocycles. The third kappa shape index (κ3) is 4.96. The zero-order valence-corrected chi connectivity index (χ0v) is 14.1. The van der Waals surface area contributed by atoms with Crippen molar-refractivity contribution in [2.75, 3.05) is 13.2 Å². The number of carbonyl (C=O) groups is 1. The summed E-state index contributed by atoms with van der Waals surface area (Å²) in [5, 5.41) is 13.1. The third-order valence-corrected chi connectivity index (χ3v) is 4.06. The minimum absolute atomic E-state index is 0.174. The molecule has 2 rings (SSSR count). The van der Waals surface area contributed by atoms with Crippen molar-refractivity contribution < 1.29 is 19.4 Å². The van der Waals surface area contributed by atoms with Crippen LogP contribution >= 0.6 is 11.3 Å². The lowest BCUT2D eigenvalue weighted by atomic mass is 10.2. The monoisotopic (exact) mass is 334 g/mol. The zero-order chi connectivity index (χ0) is 16.7. The summed E-state index contributed by atoms with van der Waals surface area (Å²) in [6, 6.07) is 5.66. The Morgan fingerprint density at radius 3 is 2.78 bits per heavy atom. The molecule has 0 aliphatic carbocycles. The van der Waals surface area contributed by atoms with Crippen LogP contribution in [0.25, 0.3) is 10.6 Å². The van der Waals surface area contributed by atoms with Gasteiger partial charge >= 0.3 is 0 Å². The number of nitrogens with zero attached hydrogens (tertiary/aromatic N) is 1. The molecule has 124 valence electrons. The molecule has 1 aromatic carbocycles. The van der Waals surface area contributed by atoms with Crippen molar-refractivity contribution >= 4 is 17.3 Å². The number of rotatable bonds is 9. The van der Waals surface area contributed by atoms with E-state index in [-0.39, 0.29) is 6.42 Å². The lowest BCUT2D eigenvalue weighted by molar-refractivity contribution is -0.304. The van der Waals surface area contributed by atoms with Crippen LogP contribution in [0.15, 0.2) is 23.6 Å². The standard InChI is InChI=1S/C17H21NO4S/c1-3-5-8-22-14-7-6-12(9-15(14)21-4-2)17-18-13(11-23-17)10-16(19)20/h6-7,9,11H,3-5,8,10H2,1-2H3,(H,19,20)/p-1. The molecule has 6 heteroatoms. The van der Waals surface area contributed by atoms with Crippen LogP contribution in [0.2, 0.25) is 0 Å². The van der Waals surface area contributed by atoms with Crippen molar-refractivity contribution in [3.8, 4) is 22.1 Å². The number of hydrogen-bond acceptors (Lipinski definition) is 6. The Hall–Kier alpha value is -2.08. The molecule has 0 bridgehead atoms. The second-order valence-corrected chi connectivity index (χ2v) is 5.85. The lowest BCUT2D eigenvalue weighted by Gasteiger charge is -2.12. The summed E-state index contributed by atoms with van der Waals surface area (Å²) in [5.74, 6) is 0.268. The molecule has 0 radical (unpaired) electrons. The van der Waals surface area contributed by atoms with E-state index in [4.69, 9.17) is 9.47 Å². The number of carboxylic acids is 1. The van der Waals surface area contributed by atoms with Gasteiger partial charge in [0.1, 0.15) is 5.01 Å². The summed E-state index contributed by atoms with van der Waals surface area (Å²) in [4.78, 5) is 15.0. The van der Waals surface area contributed by atoms with Crippen LogP contribution in [0, 0.1) is 0 Å². The summed E-state index contributed by atoms with van der Waals surface area (Å²) < 4.78 is 11.4. The fourth-order valence-corrected chi connectivity index (χ4v) is 2.84. The number of carboxylic acid groups (broad SMARTS) is 1. The van der Waals surface area contributed by atoms with E-state index in [1.165, 1.54) is 11.3 Å². The minimum Gasteiger partial charge on any atom is -0.550 e. The lowest BCUT2D eigenvalue weighted by Crippen LogP contribution is -2.24. The molecule has 0 N–H and O–H groups in total. The number of carbonyl (C=O) groups excluding carboxylic acids is 1. The van der Waals surface area contributed by atoms with E-state index in [0.717, 1.165) is 29.2 Å². The van der Waals surface area contributed by atoms with Crippen molar-refractivity contribution in [1.29, 1.82) is 0 Å². The van der Waals surface area contributed by atoms with Crippen LogP contribution in [0.5, 0.6) is 11.5 Å². The molecule has 5 nitrogen and oxygen atoms in total. The van der Waals surface area contributed by atoms with E-state index < -0.39 is 5.97 Å². The first-order valence-corrected chi connectivity index (χ1v) is 8.56. The average Bonchev–Trinajstić information content (AvgIpc) is 2.97. The van der Waals surface area contributed by atoms with Crippen LogP contribution < -0.4 is 14.6 Å². The number of hydrogen-bond donors (Lipinski definition) is 0. The molecule has 0 unspecified atom stereocenters. The maximum atomic E-state index is 10.6. The van der Waals surface area contributed by atoms with Crippen molar-refractivity contribution in [2.45, 2.75) is 33.1 Å². The largest absolute Gasteiger partial charge is 0.550 e. The van der Waals surface area contributed by atoms with Gasteiger partial charge in [-0.25, -0.2) is 4.98 Å². The molecule has 0 atom stereocenters. The number of benzene rings is 1. The molecule has 0 saturated carbocycles. The fourth-order valence-electron chi connectivity index (χ4n) is 2.02. The number of ether oxygens (including phenoxy) is 2. The van der Waals surface area contributed by atoms with Crippen LogP contribution in [0.1, 0.15) is 32.4 Å². The fraction of sp³-hybridized carbons (Fsp3) is 0.412. The van der Waals surface area contributed by atoms with Gasteiger partial charge in [-0.2, -0.15) is 0 Å². The Bertz CT molecular complexity index is 654. The zero-order valence-electron chi connectivity index (χ0n) is 13.3. The summed E-state index contributed by atoms with van der Waals surface area (Å²) in [6.07, 6.45) is 1.89. The first kappa shape index (κ1) is 17.3. The van der Waals surface area contributed by atoms with Crippen molar-refractivity contribution in [1.82, 2.24) is 4.98 Å². The summed E-state index contributed by atoms with van der Waals surface area (Å²) in [6.45, 7) is 5.23. The van der Waals surface area contributed by atoms with Gasteiger partial charge in [-0.15, -0.1) is 11.3 Å². The van der Waals surface area contributed by atoms with Gasteiger partial charge in [-0.05, 0) is 31.5 Å². The summed E-state index contributed by atoms with van der Waals surface area (Å²) >= 11 is 1.40. The number of aliphatic carboxylic acids is 1. The van der Waals surface area contributed by atoms with E-state index in [1.54, 1.807) is 5.38 Å². The molecular formula is C17H20NO4S-. The molecule has 0 spiro atoms. The van der Waals surface area contributed by atoms with Gasteiger partial charge in [0.15, 0.2) is 11.5 Å². The highest BCUT2D eigenvalue weighted by Crippen LogP contribution is 2.34. The summed E-state index contributed by atoms with van der Waals surface area (Å²) in [5.41, 5.74) is 1.39. The Labute approximate surface area is 139 Å². The van der Waals surface area contributed by atoms with Gasteiger partial charge in [0.25, 0.3) is 0 Å². The Morgan fingerprint density at radius 1 is 1.26 bits per heavy atom. The number of aromatic nitrogens is 1. The smallest absolute Gasteiger partial charge is 0.161 e. The predicted octanol–water partition coefficient (Wildman–Crippen LogP) is 2.68. The quantitative estimate of drug-likeness (QED) is 0.659. The molecule has 23 heavy (non-hydrogen) atoms. The average molecular weight is 334 g/mol. The molecule has 0 aliphatic rings. The normalized spacial score (nSPS) is 10.5. The van der Waals surface area contributed by atoms with Gasteiger partial charge in [-0.3, -0.25) is 0 Å². The molecule has 0 aliphatic heterocycles. The highest BCUT2D eigenvalue weighted by Gasteiger charge is 2.11. The minimum atomic E-state index is -1.13. The van der Waals surface area contributed by atoms with Crippen molar-refractivity contribution in [2.24, 2.45) is 0 Å². The topological polar surface area (TPSA) is 71.5 Å². The van der Waals surface area contributed by atoms with Gasteiger partial charge in [0.05, 0.1) is 18.9 Å². The van der Waals surface area contributed by atoms with Crippen LogP contribution in [-0.2, 0) is 11.2 Å². The van der Waals surface area contributed by atoms with Crippen molar-refractivity contribution in [3.05, 3.63) is 29.3 Å². The Morgan fingerprint density at radius 2 is 2.09 bits per heavy atom. The van der Waals surface area contributed by atoms with E-state index in [1.807, 2.05) is 25.1 Å². The molecule has 1 heterocycles. The second kappa shape index (κ2) is 8.53. The molecular weight excluding hydrogens is 314 g/mol. The van der Waals surface area contributed by atoms with E-state index in [2.05, 4.69) is 11.9 Å². The first-order valence-electron chi connectivity index (χ1n) is 7.68. The van der Waals surface area contributed by atoms with Gasteiger partial charge in [0, 0.05) is 23.3 Å². The van der Waals surface area contributed by atoms with Gasteiger partial charge < -0.3 is 19.4 Å². The van der Waals surface area contributed by atoms with E-state index in [9.17, 15) is 9.90 Å². The van der Waals surface area contributed by atoms with Crippen LogP contribution in [0.3, 0.4) is 0 Å². The molecule has 0 fully saturated rings. The Kier molecular flexibility index (Phi) is 6.40. The molecule has 0 amide bonds. The number of thiazole rings is 1. The summed E-state index contributed by atoms with van der Waals surface area (Å²) in [7, 11) is 0. The molecule has 2 aromatic rings. The van der Waals surface area contributed by atoms with Gasteiger partial charge in [-0.1, -0.05) is 13.3 Å². The first-order chi connectivity index (χ1) is 11.1. The van der Waals surface area contributed by atoms with Crippen LogP contribution in [-0.4, -0.2) is 24.2 Å². The molecule has 0 saturated heterocycles. The highest BCUT2D eigenvalue weighted by molar-refractivity contribution is 7.13. The van der Waals surface area contributed by atoms with E-state index in [0.29, 0.717) is 24.7 Å².